The first-order valence-electron chi connectivity index (χ1n) is 14.5. The van der Waals surface area contributed by atoms with Crippen molar-refractivity contribution in [3.05, 3.63) is 116 Å². The molecule has 2 amide bonds. The number of nitrogens with zero attached hydrogens (tertiary/aromatic N) is 4. The molecule has 1 unspecified atom stereocenters. The van der Waals surface area contributed by atoms with Gasteiger partial charge in [-0.05, 0) is 56.2 Å². The molecular formula is C33H32F2N4O8. The molecule has 4 aromatic rings. The second-order valence-electron chi connectivity index (χ2n) is 12.1. The van der Waals surface area contributed by atoms with Gasteiger partial charge in [0.05, 0.1) is 11.6 Å². The quantitative estimate of drug-likeness (QED) is 0.261. The molecule has 4 heterocycles. The number of rotatable bonds is 4. The second-order valence-corrected chi connectivity index (χ2v) is 12.1. The Morgan fingerprint density at radius 2 is 1.15 bits per heavy atom. The summed E-state index contributed by atoms with van der Waals surface area (Å²) in [6.07, 6.45) is 0. The van der Waals surface area contributed by atoms with E-state index in [9.17, 15) is 48.4 Å². The number of aromatic hydroxyl groups is 4. The van der Waals surface area contributed by atoms with Crippen molar-refractivity contribution in [3.8, 4) is 23.0 Å². The molecular weight excluding hydrogens is 618 g/mol. The number of hydrogen-bond acceptors (Lipinski definition) is 8. The molecule has 2 aliphatic heterocycles. The average Bonchev–Trinajstić information content (AvgIpc) is 3.00. The first kappa shape index (κ1) is 32.7. The Bertz CT molecular complexity index is 1990. The normalized spacial score (nSPS) is 16.7. The molecule has 14 heteroatoms. The summed E-state index contributed by atoms with van der Waals surface area (Å²) in [5.74, 6) is -4.33. The number of pyridine rings is 2. The van der Waals surface area contributed by atoms with Crippen molar-refractivity contribution in [3.63, 3.8) is 0 Å². The fourth-order valence-electron chi connectivity index (χ4n) is 5.90. The molecule has 1 atom stereocenters. The molecule has 47 heavy (non-hydrogen) atoms. The van der Waals surface area contributed by atoms with Crippen LogP contribution in [0, 0.1) is 11.6 Å². The summed E-state index contributed by atoms with van der Waals surface area (Å²) in [6, 6.07) is 12.9. The van der Waals surface area contributed by atoms with Crippen LogP contribution in [-0.4, -0.2) is 64.3 Å². The number of hydrogen-bond donors (Lipinski definition) is 4. The number of halogens is 2. The number of aromatic nitrogens is 2. The first-order chi connectivity index (χ1) is 22.1. The smallest absolute Gasteiger partial charge is 0.275 e. The maximum absolute atomic E-state index is 13.0. The highest BCUT2D eigenvalue weighted by Gasteiger charge is 2.40. The van der Waals surface area contributed by atoms with Gasteiger partial charge >= 0.3 is 0 Å². The highest BCUT2D eigenvalue weighted by molar-refractivity contribution is 5.97. The maximum Gasteiger partial charge on any atom is 0.275 e. The summed E-state index contributed by atoms with van der Waals surface area (Å²) in [5, 5.41) is 39.3. The van der Waals surface area contributed by atoms with Crippen LogP contribution in [0.5, 0.6) is 23.0 Å². The van der Waals surface area contributed by atoms with Gasteiger partial charge in [0.2, 0.25) is 0 Å². The molecule has 6 rings (SSSR count). The molecule has 2 aliphatic rings. The van der Waals surface area contributed by atoms with E-state index in [4.69, 9.17) is 0 Å². The summed E-state index contributed by atoms with van der Waals surface area (Å²) >= 11 is 0. The second kappa shape index (κ2) is 12.3. The van der Waals surface area contributed by atoms with Crippen LogP contribution in [0.2, 0.25) is 0 Å². The highest BCUT2D eigenvalue weighted by Crippen LogP contribution is 2.35. The number of fused-ring (bicyclic) bond motifs is 2. The van der Waals surface area contributed by atoms with Crippen molar-refractivity contribution in [2.24, 2.45) is 0 Å². The Morgan fingerprint density at radius 1 is 0.702 bits per heavy atom. The fourth-order valence-corrected chi connectivity index (χ4v) is 5.90. The number of benzene rings is 2. The van der Waals surface area contributed by atoms with Gasteiger partial charge in [-0.15, -0.1) is 0 Å². The van der Waals surface area contributed by atoms with Gasteiger partial charge in [-0.25, -0.2) is 8.78 Å². The van der Waals surface area contributed by atoms with E-state index < -0.39 is 51.5 Å². The number of carbonyl (C=O) groups is 2. The van der Waals surface area contributed by atoms with Gasteiger partial charge in [-0.3, -0.25) is 28.3 Å². The third kappa shape index (κ3) is 6.26. The number of carbonyl (C=O) groups excluding carboxylic acids is 2. The molecule has 246 valence electrons. The molecule has 2 aromatic carbocycles. The van der Waals surface area contributed by atoms with Gasteiger partial charge in [-0.2, -0.15) is 0 Å². The Morgan fingerprint density at radius 3 is 1.68 bits per heavy atom. The molecule has 0 aliphatic carbocycles. The molecule has 0 fully saturated rings. The van der Waals surface area contributed by atoms with Gasteiger partial charge in [0.1, 0.15) is 11.6 Å². The van der Waals surface area contributed by atoms with E-state index in [1.165, 1.54) is 43.2 Å². The minimum absolute atomic E-state index is 0.200. The number of amides is 2. The zero-order valence-corrected chi connectivity index (χ0v) is 25.6. The van der Waals surface area contributed by atoms with Crippen LogP contribution in [-0.2, 0) is 18.6 Å². The lowest BCUT2D eigenvalue weighted by Gasteiger charge is -2.41. The van der Waals surface area contributed by atoms with E-state index in [2.05, 4.69) is 0 Å². The largest absolute Gasteiger partial charge is 0.504 e. The predicted molar refractivity (Wildman–Crippen MR) is 164 cm³/mol. The van der Waals surface area contributed by atoms with Crippen LogP contribution < -0.4 is 11.1 Å². The molecule has 0 spiro atoms. The minimum Gasteiger partial charge on any atom is -0.504 e. The standard InChI is InChI=1S/C17H17FN2O4.C16H15FN2O4/c1-17(2)9-19(8-10-3-5-11(18)6-4-10)16(24)14-15(23)12(21)7-13(22)20(14)17;1-9-7-18(8-10-2-4-11(17)5-3-10)16(23)14-15(22)12(20)6-13(21)19(9)14/h3-7,21,23H,8-9H2,1-2H3;2-6,9,20,22H,7-8H2,1H3. The minimum atomic E-state index is -0.772. The summed E-state index contributed by atoms with van der Waals surface area (Å²) in [5.41, 5.74) is -0.892. The van der Waals surface area contributed by atoms with Crippen LogP contribution in [0.25, 0.3) is 0 Å². The van der Waals surface area contributed by atoms with Crippen molar-refractivity contribution in [1.82, 2.24) is 18.9 Å². The first-order valence-corrected chi connectivity index (χ1v) is 14.5. The lowest BCUT2D eigenvalue weighted by Crippen LogP contribution is -2.54. The van der Waals surface area contributed by atoms with E-state index >= 15 is 0 Å². The molecule has 0 saturated carbocycles. The van der Waals surface area contributed by atoms with Crippen molar-refractivity contribution in [1.29, 1.82) is 0 Å². The van der Waals surface area contributed by atoms with Gasteiger partial charge in [-0.1, -0.05) is 24.3 Å². The van der Waals surface area contributed by atoms with E-state index in [-0.39, 0.29) is 55.2 Å². The van der Waals surface area contributed by atoms with Crippen LogP contribution in [0.4, 0.5) is 8.78 Å². The van der Waals surface area contributed by atoms with E-state index in [1.54, 1.807) is 45.0 Å². The van der Waals surface area contributed by atoms with E-state index in [1.807, 2.05) is 0 Å². The van der Waals surface area contributed by atoms with E-state index in [0.717, 1.165) is 23.3 Å². The Hall–Kier alpha value is -5.66. The predicted octanol–water partition coefficient (Wildman–Crippen LogP) is 3.41. The maximum atomic E-state index is 13.0. The van der Waals surface area contributed by atoms with Gasteiger partial charge < -0.3 is 30.2 Å². The molecule has 12 nitrogen and oxygen atoms in total. The molecule has 0 radical (unpaired) electrons. The molecule has 0 bridgehead atoms. The van der Waals surface area contributed by atoms with Crippen molar-refractivity contribution in [2.45, 2.75) is 45.4 Å². The van der Waals surface area contributed by atoms with Crippen LogP contribution in [0.15, 0.2) is 70.3 Å². The fraction of sp³-hybridized carbons (Fsp3) is 0.273. The topological polar surface area (TPSA) is 166 Å². The van der Waals surface area contributed by atoms with Crippen molar-refractivity contribution < 1.29 is 38.8 Å². The van der Waals surface area contributed by atoms with E-state index in [0.29, 0.717) is 0 Å². The Kier molecular flexibility index (Phi) is 8.54. The van der Waals surface area contributed by atoms with Gasteiger partial charge in [0, 0.05) is 38.3 Å². The highest BCUT2D eigenvalue weighted by atomic mass is 19.1. The van der Waals surface area contributed by atoms with Crippen molar-refractivity contribution in [2.75, 3.05) is 13.1 Å². The zero-order valence-electron chi connectivity index (χ0n) is 25.6. The Balaban J connectivity index is 0.000000185. The van der Waals surface area contributed by atoms with Gasteiger partial charge in [0.15, 0.2) is 34.4 Å². The Labute approximate surface area is 266 Å². The average molecular weight is 651 g/mol. The SMILES string of the molecule is CC1(C)CN(Cc2ccc(F)cc2)C(=O)c2c(O)c(O)cc(=O)n21.CC1CN(Cc2ccc(F)cc2)C(=O)c2c(O)c(O)cc(=O)n21. The third-order valence-corrected chi connectivity index (χ3v) is 8.04. The van der Waals surface area contributed by atoms with Crippen molar-refractivity contribution >= 4 is 11.8 Å². The monoisotopic (exact) mass is 650 g/mol. The van der Waals surface area contributed by atoms with Gasteiger partial charge in [0.25, 0.3) is 22.9 Å². The third-order valence-electron chi connectivity index (χ3n) is 8.04. The molecule has 4 N–H and O–H groups in total. The summed E-state index contributed by atoms with van der Waals surface area (Å²) in [7, 11) is 0. The summed E-state index contributed by atoms with van der Waals surface area (Å²) in [6.45, 7) is 6.19. The summed E-state index contributed by atoms with van der Waals surface area (Å²) in [4.78, 5) is 52.4. The van der Waals surface area contributed by atoms with Crippen LogP contribution >= 0.6 is 0 Å². The molecule has 2 aromatic heterocycles. The summed E-state index contributed by atoms with van der Waals surface area (Å²) < 4.78 is 28.4. The molecule has 0 saturated heterocycles. The zero-order chi connectivity index (χ0) is 34.4. The lowest BCUT2D eigenvalue weighted by atomic mass is 9.98. The van der Waals surface area contributed by atoms with Crippen LogP contribution in [0.1, 0.15) is 58.9 Å². The lowest BCUT2D eigenvalue weighted by molar-refractivity contribution is 0.0559. The van der Waals surface area contributed by atoms with Crippen LogP contribution in [0.3, 0.4) is 0 Å².